The van der Waals surface area contributed by atoms with Gasteiger partial charge in [0.1, 0.15) is 19.3 Å². The molecule has 402 valence electrons. The molecule has 0 aliphatic heterocycles. The highest BCUT2D eigenvalue weighted by molar-refractivity contribution is 7.47. The van der Waals surface area contributed by atoms with Crippen LogP contribution in [0.3, 0.4) is 0 Å². The number of phosphoric acid groups is 1. The van der Waals surface area contributed by atoms with Crippen LogP contribution in [0.4, 0.5) is 0 Å². The molecule has 0 bridgehead atoms. The SMILES string of the molecule is CCCC/C=C\CCCCCCCC(=O)OC(/C=C\CCCCCCCCCCC)C(COP(=O)(O)OCC[N+](C)(C)C)NC(=O)CCCCCCCCCC/C=C\C/C=C\C/C=C\CCCCC. The number of allylic oxidation sites excluding steroid dienone is 9. The molecule has 0 heterocycles. The van der Waals surface area contributed by atoms with Crippen LogP contribution in [0.15, 0.2) is 60.8 Å². The van der Waals surface area contributed by atoms with Gasteiger partial charge in [-0.3, -0.25) is 18.6 Å². The first kappa shape index (κ1) is 66.7. The van der Waals surface area contributed by atoms with Crippen molar-refractivity contribution < 1.29 is 37.3 Å². The van der Waals surface area contributed by atoms with Crippen molar-refractivity contribution in [2.75, 3.05) is 40.9 Å². The van der Waals surface area contributed by atoms with E-state index < -0.39 is 20.0 Å². The number of quaternary nitrogens is 1. The molecule has 0 saturated heterocycles. The number of ether oxygens (including phenoxy) is 1. The Morgan fingerprint density at radius 1 is 0.507 bits per heavy atom. The molecule has 1 amide bonds. The minimum Gasteiger partial charge on any atom is -0.456 e. The molecule has 3 unspecified atom stereocenters. The van der Waals surface area contributed by atoms with Gasteiger partial charge in [-0.1, -0.05) is 210 Å². The van der Waals surface area contributed by atoms with E-state index in [4.69, 9.17) is 13.8 Å². The molecule has 0 aromatic rings. The number of hydrogen-bond acceptors (Lipinski definition) is 6. The van der Waals surface area contributed by atoms with Crippen LogP contribution in [0, 0.1) is 0 Å². The lowest BCUT2D eigenvalue weighted by Gasteiger charge is -2.27. The minimum atomic E-state index is -4.44. The highest BCUT2D eigenvalue weighted by Crippen LogP contribution is 2.43. The number of likely N-dealkylation sites (N-methyl/N-ethyl adjacent to an activating group) is 1. The highest BCUT2D eigenvalue weighted by Gasteiger charge is 2.30. The molecule has 69 heavy (non-hydrogen) atoms. The molecule has 0 radical (unpaired) electrons. The zero-order valence-electron chi connectivity index (χ0n) is 45.8. The topological polar surface area (TPSA) is 111 Å². The molecule has 0 rings (SSSR count). The quantitative estimate of drug-likeness (QED) is 0.0205. The normalized spacial score (nSPS) is 14.2. The molecule has 10 heteroatoms. The highest BCUT2D eigenvalue weighted by atomic mass is 31.2. The van der Waals surface area contributed by atoms with Gasteiger partial charge in [-0.2, -0.15) is 0 Å². The number of nitrogens with zero attached hydrogens (tertiary/aromatic N) is 1. The van der Waals surface area contributed by atoms with Gasteiger partial charge in [0, 0.05) is 12.8 Å². The Kier molecular flexibility index (Phi) is 47.7. The number of hydrogen-bond donors (Lipinski definition) is 2. The van der Waals surface area contributed by atoms with Crippen molar-refractivity contribution in [3.8, 4) is 0 Å². The third-order valence-corrected chi connectivity index (χ3v) is 13.4. The first-order valence-electron chi connectivity index (χ1n) is 28.6. The van der Waals surface area contributed by atoms with Crippen molar-refractivity contribution in [3.63, 3.8) is 0 Å². The van der Waals surface area contributed by atoms with E-state index in [0.717, 1.165) is 109 Å². The second-order valence-electron chi connectivity index (χ2n) is 20.5. The maximum atomic E-state index is 13.5. The summed E-state index contributed by atoms with van der Waals surface area (Å²) in [4.78, 5) is 37.5. The lowest BCUT2D eigenvalue weighted by molar-refractivity contribution is -0.870. The monoisotopic (exact) mass is 990 g/mol. The summed E-state index contributed by atoms with van der Waals surface area (Å²) in [5, 5.41) is 3.04. The number of unbranched alkanes of at least 4 members (excludes halogenated alkanes) is 27. The summed E-state index contributed by atoms with van der Waals surface area (Å²) < 4.78 is 30.5. The standard InChI is InChI=1S/C59H109N2O7P/c1-7-10-13-16-19-22-25-26-27-28-29-30-31-32-33-34-37-39-42-45-48-51-58(62)60-56(55-67-69(64,65)66-54-53-61(4,5)6)57(50-47-44-41-38-35-23-20-17-14-11-8-2)68-59(63)52-49-46-43-40-36-24-21-18-15-12-9-3/h18-19,21-22,26-27,29-30,47,50,56-57H,7-17,20,23-25,28,31-46,48-49,51-55H2,1-6H3,(H-,60,62,64,65)/p+1/b21-18-,22-19-,27-26-,30-29-,50-47-. The van der Waals surface area contributed by atoms with Crippen molar-refractivity contribution in [2.24, 2.45) is 0 Å². The van der Waals surface area contributed by atoms with Crippen LogP contribution in [0.2, 0.25) is 0 Å². The first-order valence-corrected chi connectivity index (χ1v) is 30.1. The fourth-order valence-electron chi connectivity index (χ4n) is 7.93. The molecule has 0 aromatic carbocycles. The molecule has 2 N–H and O–H groups in total. The Morgan fingerprint density at radius 3 is 1.41 bits per heavy atom. The molecular weight excluding hydrogens is 880 g/mol. The summed E-state index contributed by atoms with van der Waals surface area (Å²) >= 11 is 0. The van der Waals surface area contributed by atoms with Crippen LogP contribution < -0.4 is 5.32 Å². The Hall–Kier alpha value is -2.29. The summed E-state index contributed by atoms with van der Waals surface area (Å²) in [6.07, 6.45) is 60.7. The van der Waals surface area contributed by atoms with Gasteiger partial charge >= 0.3 is 13.8 Å². The predicted octanol–water partition coefficient (Wildman–Crippen LogP) is 17.1. The molecule has 3 atom stereocenters. The van der Waals surface area contributed by atoms with E-state index in [0.29, 0.717) is 17.4 Å². The molecule has 0 saturated carbocycles. The Bertz CT molecular complexity index is 1370. The van der Waals surface area contributed by atoms with Gasteiger partial charge in [0.15, 0.2) is 0 Å². The minimum absolute atomic E-state index is 0.0360. The van der Waals surface area contributed by atoms with Gasteiger partial charge in [-0.05, 0) is 89.5 Å². The van der Waals surface area contributed by atoms with Crippen molar-refractivity contribution in [1.82, 2.24) is 5.32 Å². The van der Waals surface area contributed by atoms with Gasteiger partial charge in [-0.15, -0.1) is 0 Å². The van der Waals surface area contributed by atoms with E-state index in [1.54, 1.807) is 0 Å². The molecule has 0 aliphatic carbocycles. The average molecular weight is 991 g/mol. The van der Waals surface area contributed by atoms with Crippen LogP contribution in [0.25, 0.3) is 0 Å². The molecule has 0 aliphatic rings. The van der Waals surface area contributed by atoms with Crippen LogP contribution in [-0.4, -0.2) is 74.3 Å². The van der Waals surface area contributed by atoms with Crippen LogP contribution in [0.5, 0.6) is 0 Å². The average Bonchev–Trinajstić information content (AvgIpc) is 3.31. The summed E-state index contributed by atoms with van der Waals surface area (Å²) in [5.74, 6) is -0.525. The van der Waals surface area contributed by atoms with Crippen molar-refractivity contribution >= 4 is 19.7 Å². The van der Waals surface area contributed by atoms with Crippen LogP contribution in [-0.2, 0) is 27.9 Å². The third kappa shape index (κ3) is 50.4. The molecular formula is C59H110N2O7P+. The van der Waals surface area contributed by atoms with Crippen molar-refractivity contribution in [2.45, 2.75) is 264 Å². The smallest absolute Gasteiger partial charge is 0.456 e. The van der Waals surface area contributed by atoms with Crippen LogP contribution >= 0.6 is 7.82 Å². The third-order valence-electron chi connectivity index (χ3n) is 12.4. The number of phosphoric ester groups is 1. The van der Waals surface area contributed by atoms with Gasteiger partial charge < -0.3 is 19.4 Å². The number of rotatable bonds is 51. The number of carbonyl (C=O) groups is 2. The summed E-state index contributed by atoms with van der Waals surface area (Å²) in [7, 11) is 1.48. The van der Waals surface area contributed by atoms with Gasteiger partial charge in [0.2, 0.25) is 5.91 Å². The van der Waals surface area contributed by atoms with E-state index in [-0.39, 0.29) is 31.5 Å². The van der Waals surface area contributed by atoms with Crippen molar-refractivity contribution in [1.29, 1.82) is 0 Å². The lowest BCUT2D eigenvalue weighted by atomic mass is 10.0. The van der Waals surface area contributed by atoms with Crippen molar-refractivity contribution in [3.05, 3.63) is 60.8 Å². The number of carbonyl (C=O) groups excluding carboxylic acids is 2. The molecule has 0 spiro atoms. The van der Waals surface area contributed by atoms with E-state index in [9.17, 15) is 19.0 Å². The molecule has 0 aromatic heterocycles. The van der Waals surface area contributed by atoms with Gasteiger partial charge in [0.05, 0.1) is 33.8 Å². The maximum absolute atomic E-state index is 13.5. The zero-order valence-corrected chi connectivity index (χ0v) is 46.7. The summed E-state index contributed by atoms with van der Waals surface area (Å²) in [5.41, 5.74) is 0. The predicted molar refractivity (Wildman–Crippen MR) is 295 cm³/mol. The fraction of sp³-hybridized carbons (Fsp3) is 0.797. The Labute approximate surface area is 426 Å². The number of nitrogens with one attached hydrogen (secondary N) is 1. The fourth-order valence-corrected chi connectivity index (χ4v) is 8.66. The summed E-state index contributed by atoms with van der Waals surface area (Å²) in [6.45, 7) is 6.92. The summed E-state index contributed by atoms with van der Waals surface area (Å²) in [6, 6.07) is -0.854. The second-order valence-corrected chi connectivity index (χ2v) is 21.9. The van der Waals surface area contributed by atoms with Crippen LogP contribution in [0.1, 0.15) is 252 Å². The lowest BCUT2D eigenvalue weighted by Crippen LogP contribution is -2.47. The Balaban J connectivity index is 5.24. The zero-order chi connectivity index (χ0) is 50.8. The number of esters is 1. The largest absolute Gasteiger partial charge is 0.472 e. The van der Waals surface area contributed by atoms with E-state index >= 15 is 0 Å². The Morgan fingerprint density at radius 2 is 0.899 bits per heavy atom. The number of amides is 1. The van der Waals surface area contributed by atoms with E-state index in [1.165, 1.54) is 109 Å². The molecule has 0 fully saturated rings. The van der Waals surface area contributed by atoms with Gasteiger partial charge in [-0.25, -0.2) is 4.57 Å². The molecule has 9 nitrogen and oxygen atoms in total. The first-order chi connectivity index (χ1) is 33.4. The van der Waals surface area contributed by atoms with E-state index in [2.05, 4.69) is 74.7 Å². The maximum Gasteiger partial charge on any atom is 0.472 e. The van der Waals surface area contributed by atoms with Gasteiger partial charge in [0.25, 0.3) is 0 Å². The second kappa shape index (κ2) is 49.3. The van der Waals surface area contributed by atoms with E-state index in [1.807, 2.05) is 33.3 Å².